The summed E-state index contributed by atoms with van der Waals surface area (Å²) in [5.41, 5.74) is 2.93. The maximum absolute atomic E-state index is 12.1. The Bertz CT molecular complexity index is 921. The number of rotatable bonds is 4. The van der Waals surface area contributed by atoms with Crippen molar-refractivity contribution >= 4 is 43.4 Å². The van der Waals surface area contributed by atoms with Gasteiger partial charge in [-0.2, -0.15) is 8.42 Å². The second kappa shape index (κ2) is 5.74. The maximum Gasteiger partial charge on any atom is 0.323 e. The lowest BCUT2D eigenvalue weighted by atomic mass is 10.2. The Morgan fingerprint density at radius 3 is 2.64 bits per heavy atom. The monoisotopic (exact) mass is 333 g/mol. The number of fused-ring (bicyclic) bond motifs is 1. The van der Waals surface area contributed by atoms with E-state index in [-0.39, 0.29) is 5.56 Å². The molecule has 0 radical (unpaired) electrons. The summed E-state index contributed by atoms with van der Waals surface area (Å²) >= 11 is 1.45. The highest BCUT2D eigenvalue weighted by atomic mass is 32.2. The van der Waals surface area contributed by atoms with Crippen LogP contribution in [0, 0.1) is 0 Å². The van der Waals surface area contributed by atoms with E-state index in [0.29, 0.717) is 11.2 Å². The molecule has 3 rings (SSSR count). The van der Waals surface area contributed by atoms with Crippen LogP contribution in [0.15, 0.2) is 54.0 Å². The van der Waals surface area contributed by atoms with E-state index < -0.39 is 16.1 Å². The van der Waals surface area contributed by atoms with E-state index in [1.54, 1.807) is 54.0 Å². The fraction of sp³-hybridized carbons (Fsp3) is 0. The zero-order chi connectivity index (χ0) is 15.6. The third-order valence-electron chi connectivity index (χ3n) is 2.85. The lowest BCUT2D eigenvalue weighted by Crippen LogP contribution is -2.35. The van der Waals surface area contributed by atoms with Crippen molar-refractivity contribution in [2.45, 2.75) is 0 Å². The summed E-state index contributed by atoms with van der Waals surface area (Å²) in [5, 5.41) is 0. The fourth-order valence-corrected chi connectivity index (χ4v) is 3.39. The average molecular weight is 333 g/mol. The molecule has 0 aliphatic carbocycles. The van der Waals surface area contributed by atoms with Crippen molar-refractivity contribution in [3.05, 3.63) is 59.6 Å². The van der Waals surface area contributed by atoms with E-state index in [1.807, 2.05) is 4.72 Å². The highest BCUT2D eigenvalue weighted by molar-refractivity contribution is 7.91. The van der Waals surface area contributed by atoms with Gasteiger partial charge in [-0.05, 0) is 30.3 Å². The molecular weight excluding hydrogens is 322 g/mol. The molecule has 0 aliphatic heterocycles. The first-order valence-electron chi connectivity index (χ1n) is 6.27. The van der Waals surface area contributed by atoms with Crippen LogP contribution < -0.4 is 9.44 Å². The van der Waals surface area contributed by atoms with Gasteiger partial charge in [-0.3, -0.25) is 9.52 Å². The number of benzene rings is 2. The van der Waals surface area contributed by atoms with Crippen LogP contribution in [0.5, 0.6) is 0 Å². The van der Waals surface area contributed by atoms with Crippen LogP contribution in [0.3, 0.4) is 0 Å². The van der Waals surface area contributed by atoms with Crippen molar-refractivity contribution in [3.8, 4) is 0 Å². The number of para-hydroxylation sites is 1. The Kier molecular flexibility index (Phi) is 3.78. The number of amides is 1. The van der Waals surface area contributed by atoms with Crippen LogP contribution in [0.2, 0.25) is 0 Å². The van der Waals surface area contributed by atoms with E-state index >= 15 is 0 Å². The largest absolute Gasteiger partial charge is 0.323 e. The van der Waals surface area contributed by atoms with Gasteiger partial charge in [0.2, 0.25) is 0 Å². The van der Waals surface area contributed by atoms with E-state index in [1.165, 1.54) is 11.3 Å². The molecule has 1 aromatic heterocycles. The first-order chi connectivity index (χ1) is 10.5. The summed E-state index contributed by atoms with van der Waals surface area (Å²) < 4.78 is 29.1. The summed E-state index contributed by atoms with van der Waals surface area (Å²) in [6, 6.07) is 13.2. The molecule has 0 saturated carbocycles. The van der Waals surface area contributed by atoms with Gasteiger partial charge < -0.3 is 0 Å². The Morgan fingerprint density at radius 2 is 1.86 bits per heavy atom. The van der Waals surface area contributed by atoms with Crippen molar-refractivity contribution in [2.24, 2.45) is 0 Å². The van der Waals surface area contributed by atoms with Crippen LogP contribution in [-0.4, -0.2) is 19.3 Å². The lowest BCUT2D eigenvalue weighted by molar-refractivity contribution is 0.0982. The van der Waals surface area contributed by atoms with E-state index in [9.17, 15) is 13.2 Å². The van der Waals surface area contributed by atoms with Gasteiger partial charge >= 0.3 is 10.2 Å². The highest BCUT2D eigenvalue weighted by Gasteiger charge is 2.16. The molecule has 0 aliphatic rings. The second-order valence-corrected chi connectivity index (χ2v) is 6.74. The molecule has 0 fully saturated rings. The van der Waals surface area contributed by atoms with Gasteiger partial charge in [0.05, 0.1) is 21.4 Å². The number of aromatic nitrogens is 1. The molecule has 0 atom stereocenters. The normalized spacial score (nSPS) is 11.3. The van der Waals surface area contributed by atoms with Crippen molar-refractivity contribution in [2.75, 3.05) is 4.72 Å². The smallest absolute Gasteiger partial charge is 0.268 e. The number of carbonyl (C=O) groups is 1. The van der Waals surface area contributed by atoms with E-state index in [2.05, 4.69) is 9.71 Å². The molecule has 1 heterocycles. The minimum Gasteiger partial charge on any atom is -0.268 e. The van der Waals surface area contributed by atoms with Gasteiger partial charge in [0.1, 0.15) is 0 Å². The van der Waals surface area contributed by atoms with Gasteiger partial charge in [-0.1, -0.05) is 18.2 Å². The van der Waals surface area contributed by atoms with Crippen LogP contribution in [-0.2, 0) is 10.2 Å². The van der Waals surface area contributed by atoms with Crippen molar-refractivity contribution < 1.29 is 13.2 Å². The molecule has 0 saturated heterocycles. The van der Waals surface area contributed by atoms with Crippen LogP contribution in [0.4, 0.5) is 5.69 Å². The summed E-state index contributed by atoms with van der Waals surface area (Å²) in [7, 11) is -3.99. The zero-order valence-corrected chi connectivity index (χ0v) is 12.8. The summed E-state index contributed by atoms with van der Waals surface area (Å²) in [6.07, 6.45) is 0. The molecule has 2 N–H and O–H groups in total. The van der Waals surface area contributed by atoms with Crippen molar-refractivity contribution in [1.82, 2.24) is 9.71 Å². The number of hydrogen-bond acceptors (Lipinski definition) is 5. The molecule has 6 nitrogen and oxygen atoms in total. The summed E-state index contributed by atoms with van der Waals surface area (Å²) in [4.78, 5) is 16.2. The number of thiazole rings is 1. The molecule has 22 heavy (non-hydrogen) atoms. The van der Waals surface area contributed by atoms with Gasteiger partial charge in [0.25, 0.3) is 5.91 Å². The quantitative estimate of drug-likeness (QED) is 0.767. The molecule has 2 aromatic carbocycles. The average Bonchev–Trinajstić information content (AvgIpc) is 2.94. The van der Waals surface area contributed by atoms with Crippen molar-refractivity contribution in [1.29, 1.82) is 0 Å². The van der Waals surface area contributed by atoms with Crippen LogP contribution in [0.1, 0.15) is 10.4 Å². The molecule has 0 bridgehead atoms. The predicted octanol–water partition coefficient (Wildman–Crippen LogP) is 2.38. The molecule has 0 unspecified atom stereocenters. The van der Waals surface area contributed by atoms with Gasteiger partial charge in [-0.25, -0.2) is 9.71 Å². The van der Waals surface area contributed by atoms with E-state index in [4.69, 9.17) is 0 Å². The van der Waals surface area contributed by atoms with Crippen LogP contribution >= 0.6 is 11.3 Å². The standard InChI is InChI=1S/C14H11N3O3S2/c18-14(10-6-7-13-12(8-10)15-9-21-13)17-22(19,20)16-11-4-2-1-3-5-11/h1-9,16H,(H,17,18). The third-order valence-corrected chi connectivity index (χ3v) is 4.61. The van der Waals surface area contributed by atoms with Crippen LogP contribution in [0.25, 0.3) is 10.2 Å². The number of nitrogens with zero attached hydrogens (tertiary/aromatic N) is 1. The lowest BCUT2D eigenvalue weighted by Gasteiger charge is -2.09. The van der Waals surface area contributed by atoms with Crippen molar-refractivity contribution in [3.63, 3.8) is 0 Å². The maximum atomic E-state index is 12.1. The molecule has 1 amide bonds. The molecular formula is C14H11N3O3S2. The predicted molar refractivity (Wildman–Crippen MR) is 86.1 cm³/mol. The van der Waals surface area contributed by atoms with Gasteiger partial charge in [0, 0.05) is 5.56 Å². The Balaban J connectivity index is 1.77. The number of hydrogen-bond donors (Lipinski definition) is 2. The SMILES string of the molecule is O=C(NS(=O)(=O)Nc1ccccc1)c1ccc2scnc2c1. The first-order valence-corrected chi connectivity index (χ1v) is 8.63. The highest BCUT2D eigenvalue weighted by Crippen LogP contribution is 2.19. The third kappa shape index (κ3) is 3.23. The number of anilines is 1. The Morgan fingerprint density at radius 1 is 1.09 bits per heavy atom. The minimum absolute atomic E-state index is 0.233. The molecule has 3 aromatic rings. The fourth-order valence-electron chi connectivity index (χ4n) is 1.87. The Labute approximate surface area is 131 Å². The summed E-state index contributed by atoms with van der Waals surface area (Å²) in [5.74, 6) is -0.710. The van der Waals surface area contributed by atoms with Gasteiger partial charge in [0.15, 0.2) is 0 Å². The number of carbonyl (C=O) groups excluding carboxylic acids is 1. The Hall–Kier alpha value is -2.45. The number of nitrogens with one attached hydrogen (secondary N) is 2. The second-order valence-electron chi connectivity index (χ2n) is 4.44. The first kappa shape index (κ1) is 14.5. The summed E-state index contributed by atoms with van der Waals surface area (Å²) in [6.45, 7) is 0. The van der Waals surface area contributed by atoms with Gasteiger partial charge in [-0.15, -0.1) is 11.3 Å². The minimum atomic E-state index is -3.99. The topological polar surface area (TPSA) is 88.2 Å². The zero-order valence-electron chi connectivity index (χ0n) is 11.2. The molecule has 112 valence electrons. The molecule has 0 spiro atoms. The van der Waals surface area contributed by atoms with E-state index in [0.717, 1.165) is 4.70 Å². The molecule has 8 heteroatoms.